The van der Waals surface area contributed by atoms with Crippen molar-refractivity contribution in [2.75, 3.05) is 26.2 Å². The van der Waals surface area contributed by atoms with E-state index < -0.39 is 0 Å². The Hall–Kier alpha value is -2.34. The van der Waals surface area contributed by atoms with E-state index in [0.717, 1.165) is 50.9 Å². The number of likely N-dealkylation sites (tertiary alicyclic amines) is 1. The van der Waals surface area contributed by atoms with Gasteiger partial charge >= 0.3 is 0 Å². The van der Waals surface area contributed by atoms with E-state index in [4.69, 9.17) is 20.8 Å². The van der Waals surface area contributed by atoms with E-state index in [1.54, 1.807) is 24.3 Å². The first-order valence-electron chi connectivity index (χ1n) is 11.5. The van der Waals surface area contributed by atoms with Gasteiger partial charge in [0, 0.05) is 29.7 Å². The molecule has 3 aromatic rings. The average Bonchev–Trinajstić information content (AvgIpc) is 2.80. The molecular formula is C26H30ClNO4. The van der Waals surface area contributed by atoms with Crippen molar-refractivity contribution in [3.05, 3.63) is 63.8 Å². The standard InChI is InChI=1S/C26H30ClNO4/c27-20-7-5-19(6-8-20)26-18-24(30)23-17-22(9-10-25(23)32-26)31-16-4-2-1-3-13-28-14-11-21(29)12-15-28/h5-10,17-18,21,29H,1-4,11-16H2. The van der Waals surface area contributed by atoms with Crippen LogP contribution in [0.3, 0.4) is 0 Å². The molecule has 0 atom stereocenters. The van der Waals surface area contributed by atoms with E-state index in [2.05, 4.69) is 4.90 Å². The number of halogens is 1. The van der Waals surface area contributed by atoms with Gasteiger partial charge in [0.1, 0.15) is 17.1 Å². The van der Waals surface area contributed by atoms with Gasteiger partial charge in [0.25, 0.3) is 0 Å². The number of nitrogens with zero attached hydrogens (tertiary/aromatic N) is 1. The Morgan fingerprint density at radius 3 is 2.53 bits per heavy atom. The lowest BCUT2D eigenvalue weighted by Crippen LogP contribution is -2.36. The van der Waals surface area contributed by atoms with Crippen LogP contribution in [0.1, 0.15) is 38.5 Å². The van der Waals surface area contributed by atoms with Crippen molar-refractivity contribution in [2.24, 2.45) is 0 Å². The number of benzene rings is 2. The summed E-state index contributed by atoms with van der Waals surface area (Å²) in [7, 11) is 0. The van der Waals surface area contributed by atoms with E-state index in [0.29, 0.717) is 34.1 Å². The third-order valence-corrected chi connectivity index (χ3v) is 6.27. The molecule has 1 fully saturated rings. The highest BCUT2D eigenvalue weighted by Crippen LogP contribution is 2.26. The van der Waals surface area contributed by atoms with Crippen molar-refractivity contribution < 1.29 is 14.3 Å². The van der Waals surface area contributed by atoms with Gasteiger partial charge in [0.15, 0.2) is 5.43 Å². The number of ether oxygens (including phenoxy) is 1. The number of hydrogen-bond acceptors (Lipinski definition) is 5. The average molecular weight is 456 g/mol. The summed E-state index contributed by atoms with van der Waals surface area (Å²) in [6, 6.07) is 14.1. The highest BCUT2D eigenvalue weighted by molar-refractivity contribution is 6.30. The predicted molar refractivity (Wildman–Crippen MR) is 129 cm³/mol. The summed E-state index contributed by atoms with van der Waals surface area (Å²) in [6.45, 7) is 3.78. The summed E-state index contributed by atoms with van der Waals surface area (Å²) in [5, 5.41) is 10.7. The van der Waals surface area contributed by atoms with E-state index in [1.807, 2.05) is 18.2 Å². The highest BCUT2D eigenvalue weighted by Gasteiger charge is 2.16. The summed E-state index contributed by atoms with van der Waals surface area (Å²) in [5.74, 6) is 1.21. The topological polar surface area (TPSA) is 62.9 Å². The Morgan fingerprint density at radius 1 is 1.00 bits per heavy atom. The van der Waals surface area contributed by atoms with Crippen LogP contribution in [-0.2, 0) is 0 Å². The smallest absolute Gasteiger partial charge is 0.193 e. The molecule has 1 aliphatic heterocycles. The van der Waals surface area contributed by atoms with Gasteiger partial charge in [-0.25, -0.2) is 0 Å². The molecule has 0 saturated carbocycles. The molecule has 2 aromatic carbocycles. The van der Waals surface area contributed by atoms with Crippen molar-refractivity contribution in [3.63, 3.8) is 0 Å². The largest absolute Gasteiger partial charge is 0.494 e. The number of rotatable bonds is 9. The van der Waals surface area contributed by atoms with E-state index in [9.17, 15) is 9.90 Å². The molecule has 0 unspecified atom stereocenters. The maximum Gasteiger partial charge on any atom is 0.193 e. The zero-order chi connectivity index (χ0) is 22.3. The van der Waals surface area contributed by atoms with Crippen molar-refractivity contribution in [1.29, 1.82) is 0 Å². The maximum absolute atomic E-state index is 12.6. The van der Waals surface area contributed by atoms with Crippen molar-refractivity contribution in [2.45, 2.75) is 44.6 Å². The Labute approximate surface area is 193 Å². The third kappa shape index (κ3) is 6.12. The maximum atomic E-state index is 12.6. The van der Waals surface area contributed by atoms with Crippen LogP contribution in [-0.4, -0.2) is 42.4 Å². The van der Waals surface area contributed by atoms with Crippen molar-refractivity contribution >= 4 is 22.6 Å². The first-order chi connectivity index (χ1) is 15.6. The molecule has 1 aromatic heterocycles. The molecule has 2 heterocycles. The highest BCUT2D eigenvalue weighted by atomic mass is 35.5. The van der Waals surface area contributed by atoms with E-state index in [-0.39, 0.29) is 11.5 Å². The second kappa shape index (κ2) is 11.0. The molecule has 170 valence electrons. The van der Waals surface area contributed by atoms with Crippen LogP contribution in [0.5, 0.6) is 5.75 Å². The summed E-state index contributed by atoms with van der Waals surface area (Å²) in [5.41, 5.74) is 1.26. The normalized spacial score (nSPS) is 15.3. The number of piperidine rings is 1. The monoisotopic (exact) mass is 455 g/mol. The molecule has 1 aliphatic rings. The fourth-order valence-corrected chi connectivity index (χ4v) is 4.23. The SMILES string of the molecule is O=c1cc(-c2ccc(Cl)cc2)oc2ccc(OCCCCCCN3CCC(O)CC3)cc12. The van der Waals surface area contributed by atoms with Crippen LogP contribution in [0, 0.1) is 0 Å². The van der Waals surface area contributed by atoms with Crippen LogP contribution in [0.25, 0.3) is 22.3 Å². The number of unbranched alkanes of at least 4 members (excludes halogenated alkanes) is 3. The molecule has 32 heavy (non-hydrogen) atoms. The minimum Gasteiger partial charge on any atom is -0.494 e. The zero-order valence-corrected chi connectivity index (χ0v) is 19.0. The molecule has 6 heteroatoms. The summed E-state index contributed by atoms with van der Waals surface area (Å²) in [6.07, 6.45) is 6.17. The minimum absolute atomic E-state index is 0.0909. The van der Waals surface area contributed by atoms with E-state index >= 15 is 0 Å². The number of hydrogen-bond donors (Lipinski definition) is 1. The molecule has 0 amide bonds. The first kappa shape index (κ1) is 22.8. The first-order valence-corrected chi connectivity index (χ1v) is 11.8. The molecule has 4 rings (SSSR count). The predicted octanol–water partition coefficient (Wildman–Crippen LogP) is 5.51. The molecule has 1 saturated heterocycles. The van der Waals surface area contributed by atoms with Crippen LogP contribution in [0.15, 0.2) is 57.7 Å². The second-order valence-electron chi connectivity index (χ2n) is 8.48. The van der Waals surface area contributed by atoms with Crippen LogP contribution >= 0.6 is 11.6 Å². The quantitative estimate of drug-likeness (QED) is 0.431. The lowest BCUT2D eigenvalue weighted by atomic mass is 10.1. The Morgan fingerprint density at radius 2 is 1.75 bits per heavy atom. The molecule has 5 nitrogen and oxygen atoms in total. The fourth-order valence-electron chi connectivity index (χ4n) is 4.11. The fraction of sp³-hybridized carbons (Fsp3) is 0.423. The Balaban J connectivity index is 1.24. The summed E-state index contributed by atoms with van der Waals surface area (Å²) < 4.78 is 11.8. The molecule has 0 spiro atoms. The minimum atomic E-state index is -0.101. The third-order valence-electron chi connectivity index (χ3n) is 6.02. The van der Waals surface area contributed by atoms with Gasteiger partial charge in [-0.05, 0) is 74.7 Å². The van der Waals surface area contributed by atoms with Crippen LogP contribution in [0.4, 0.5) is 0 Å². The summed E-state index contributed by atoms with van der Waals surface area (Å²) >= 11 is 5.94. The van der Waals surface area contributed by atoms with Gasteiger partial charge in [-0.3, -0.25) is 4.79 Å². The Kier molecular flexibility index (Phi) is 7.85. The van der Waals surface area contributed by atoms with Crippen LogP contribution < -0.4 is 10.2 Å². The number of aliphatic hydroxyl groups is 1. The lowest BCUT2D eigenvalue weighted by molar-refractivity contribution is 0.0817. The van der Waals surface area contributed by atoms with Crippen molar-refractivity contribution in [1.82, 2.24) is 4.90 Å². The van der Waals surface area contributed by atoms with Gasteiger partial charge in [-0.15, -0.1) is 0 Å². The summed E-state index contributed by atoms with van der Waals surface area (Å²) in [4.78, 5) is 15.1. The molecular weight excluding hydrogens is 426 g/mol. The van der Waals surface area contributed by atoms with Gasteiger partial charge < -0.3 is 19.2 Å². The molecule has 0 bridgehead atoms. The molecule has 0 aliphatic carbocycles. The number of aliphatic hydroxyl groups excluding tert-OH is 1. The van der Waals surface area contributed by atoms with E-state index in [1.165, 1.54) is 18.9 Å². The van der Waals surface area contributed by atoms with Gasteiger partial charge in [-0.2, -0.15) is 0 Å². The van der Waals surface area contributed by atoms with Crippen LogP contribution in [0.2, 0.25) is 5.02 Å². The Bertz CT molecular complexity index is 1070. The second-order valence-corrected chi connectivity index (χ2v) is 8.91. The number of fused-ring (bicyclic) bond motifs is 1. The van der Waals surface area contributed by atoms with Gasteiger partial charge in [-0.1, -0.05) is 24.4 Å². The molecule has 1 N–H and O–H groups in total. The van der Waals surface area contributed by atoms with Gasteiger partial charge in [0.05, 0.1) is 18.1 Å². The van der Waals surface area contributed by atoms with Gasteiger partial charge in [0.2, 0.25) is 0 Å². The molecule has 0 radical (unpaired) electrons. The van der Waals surface area contributed by atoms with Crippen molar-refractivity contribution in [3.8, 4) is 17.1 Å². The lowest BCUT2D eigenvalue weighted by Gasteiger charge is -2.29. The zero-order valence-electron chi connectivity index (χ0n) is 18.3.